The number of rotatable bonds is 5. The molecule has 1 saturated heterocycles. The predicted molar refractivity (Wildman–Crippen MR) is 93.1 cm³/mol. The van der Waals surface area contributed by atoms with Crippen LogP contribution in [0, 0.1) is 22.9 Å². The molecular weight excluding hydrogens is 375 g/mol. The molecule has 0 amide bonds. The molecule has 8 heteroatoms. The van der Waals surface area contributed by atoms with Gasteiger partial charge in [-0.3, -0.25) is 14.5 Å². The molecule has 1 aliphatic rings. The summed E-state index contributed by atoms with van der Waals surface area (Å²) in [6, 6.07) is 9.63. The van der Waals surface area contributed by atoms with Crippen LogP contribution in [0.1, 0.15) is 18.1 Å². The molecule has 2 N–H and O–H groups in total. The minimum atomic E-state index is -2.30. The van der Waals surface area contributed by atoms with Gasteiger partial charge >= 0.3 is 11.9 Å². The van der Waals surface area contributed by atoms with E-state index in [0.29, 0.717) is 6.07 Å². The second kappa shape index (κ2) is 6.94. The molecule has 2 atom stereocenters. The zero-order chi connectivity index (χ0) is 20.7. The van der Waals surface area contributed by atoms with Crippen molar-refractivity contribution in [2.24, 2.45) is 5.41 Å². The fraction of sp³-hybridized carbons (Fsp3) is 0.300. The molecule has 1 aliphatic heterocycles. The van der Waals surface area contributed by atoms with E-state index in [1.807, 2.05) is 0 Å². The zero-order valence-electron chi connectivity index (χ0n) is 15.0. The van der Waals surface area contributed by atoms with Crippen molar-refractivity contribution in [3.05, 3.63) is 71.0 Å². The quantitative estimate of drug-likeness (QED) is 0.764. The molecule has 0 bridgehead atoms. The van der Waals surface area contributed by atoms with Gasteiger partial charge in [-0.1, -0.05) is 30.3 Å². The van der Waals surface area contributed by atoms with Gasteiger partial charge in [0.1, 0.15) is 11.2 Å². The highest BCUT2D eigenvalue weighted by Gasteiger charge is 2.66. The number of carboxylic acid groups (broad SMARTS) is 2. The van der Waals surface area contributed by atoms with E-state index < -0.39 is 45.8 Å². The Labute approximate surface area is 159 Å². The number of likely N-dealkylation sites (tertiary alicyclic amines) is 1. The van der Waals surface area contributed by atoms with Crippen LogP contribution in [-0.4, -0.2) is 40.1 Å². The molecule has 2 unspecified atom stereocenters. The molecular formula is C20H18F3NO4. The Bertz CT molecular complexity index is 937. The molecule has 0 saturated carbocycles. The Kier molecular flexibility index (Phi) is 4.93. The Hall–Kier alpha value is -2.87. The van der Waals surface area contributed by atoms with E-state index in [1.54, 1.807) is 35.2 Å². The molecule has 1 fully saturated rings. The van der Waals surface area contributed by atoms with Gasteiger partial charge in [0.25, 0.3) is 0 Å². The Morgan fingerprint density at radius 2 is 1.57 bits per heavy atom. The minimum absolute atomic E-state index is 0.206. The van der Waals surface area contributed by atoms with E-state index in [2.05, 4.69) is 0 Å². The normalized spacial score (nSPS) is 25.0. The largest absolute Gasteiger partial charge is 0.481 e. The smallest absolute Gasteiger partial charge is 0.316 e. The van der Waals surface area contributed by atoms with Crippen molar-refractivity contribution in [3.8, 4) is 0 Å². The molecule has 2 aromatic carbocycles. The molecule has 1 heterocycles. The van der Waals surface area contributed by atoms with Gasteiger partial charge < -0.3 is 10.2 Å². The van der Waals surface area contributed by atoms with Gasteiger partial charge in [-0.05, 0) is 18.6 Å². The first-order chi connectivity index (χ1) is 13.1. The van der Waals surface area contributed by atoms with E-state index in [0.717, 1.165) is 5.56 Å². The molecule has 28 heavy (non-hydrogen) atoms. The van der Waals surface area contributed by atoms with Crippen molar-refractivity contribution in [1.29, 1.82) is 0 Å². The highest BCUT2D eigenvalue weighted by molar-refractivity contribution is 5.92. The third-order valence-electron chi connectivity index (χ3n) is 5.50. The predicted octanol–water partition coefficient (Wildman–Crippen LogP) is 3.03. The third-order valence-corrected chi connectivity index (χ3v) is 5.50. The topological polar surface area (TPSA) is 77.8 Å². The van der Waals surface area contributed by atoms with E-state index in [1.165, 1.54) is 6.92 Å². The van der Waals surface area contributed by atoms with Gasteiger partial charge in [0.2, 0.25) is 0 Å². The summed E-state index contributed by atoms with van der Waals surface area (Å²) in [5.74, 6) is -7.29. The fourth-order valence-corrected chi connectivity index (χ4v) is 4.00. The van der Waals surface area contributed by atoms with Crippen LogP contribution in [0.25, 0.3) is 0 Å². The van der Waals surface area contributed by atoms with Crippen molar-refractivity contribution < 1.29 is 33.0 Å². The molecule has 0 aromatic heterocycles. The average molecular weight is 393 g/mol. The van der Waals surface area contributed by atoms with Gasteiger partial charge in [0, 0.05) is 31.3 Å². The number of carbonyl (C=O) groups is 2. The van der Waals surface area contributed by atoms with E-state index in [-0.39, 0.29) is 25.7 Å². The number of hydrogen-bond donors (Lipinski definition) is 2. The lowest BCUT2D eigenvalue weighted by molar-refractivity contribution is -0.161. The van der Waals surface area contributed by atoms with Gasteiger partial charge in [0.15, 0.2) is 11.6 Å². The summed E-state index contributed by atoms with van der Waals surface area (Å²) in [5, 5.41) is 19.8. The molecule has 148 valence electrons. The lowest BCUT2D eigenvalue weighted by atomic mass is 9.62. The van der Waals surface area contributed by atoms with Crippen LogP contribution in [-0.2, 0) is 21.5 Å². The van der Waals surface area contributed by atoms with Crippen molar-refractivity contribution in [3.63, 3.8) is 0 Å². The second-order valence-electron chi connectivity index (χ2n) is 7.22. The number of aliphatic carboxylic acids is 2. The first kappa shape index (κ1) is 19.9. The van der Waals surface area contributed by atoms with Crippen molar-refractivity contribution in [2.45, 2.75) is 18.9 Å². The van der Waals surface area contributed by atoms with Crippen molar-refractivity contribution in [2.75, 3.05) is 13.1 Å². The van der Waals surface area contributed by atoms with Crippen LogP contribution >= 0.6 is 0 Å². The van der Waals surface area contributed by atoms with Gasteiger partial charge in [0.05, 0.1) is 5.41 Å². The Morgan fingerprint density at radius 3 is 2.14 bits per heavy atom. The van der Waals surface area contributed by atoms with Crippen LogP contribution in [0.2, 0.25) is 0 Å². The summed E-state index contributed by atoms with van der Waals surface area (Å²) in [6.07, 6.45) is 0. The van der Waals surface area contributed by atoms with Crippen molar-refractivity contribution in [1.82, 2.24) is 4.90 Å². The first-order valence-corrected chi connectivity index (χ1v) is 8.50. The summed E-state index contributed by atoms with van der Waals surface area (Å²) >= 11 is 0. The number of benzene rings is 2. The summed E-state index contributed by atoms with van der Waals surface area (Å²) < 4.78 is 41.8. The van der Waals surface area contributed by atoms with Crippen LogP contribution in [0.15, 0.2) is 42.5 Å². The number of hydrogen-bond acceptors (Lipinski definition) is 3. The molecule has 0 aliphatic carbocycles. The molecule has 0 radical (unpaired) electrons. The first-order valence-electron chi connectivity index (χ1n) is 8.50. The Morgan fingerprint density at radius 1 is 0.964 bits per heavy atom. The fourth-order valence-electron chi connectivity index (χ4n) is 4.00. The summed E-state index contributed by atoms with van der Waals surface area (Å²) in [4.78, 5) is 26.0. The summed E-state index contributed by atoms with van der Waals surface area (Å²) in [5.41, 5.74) is -4.15. The summed E-state index contributed by atoms with van der Waals surface area (Å²) in [6.45, 7) is 0.836. The molecule has 0 spiro atoms. The lowest BCUT2D eigenvalue weighted by Gasteiger charge is -2.36. The highest BCUT2D eigenvalue weighted by Crippen LogP contribution is 2.50. The van der Waals surface area contributed by atoms with Gasteiger partial charge in [-0.15, -0.1) is 0 Å². The zero-order valence-corrected chi connectivity index (χ0v) is 15.0. The highest BCUT2D eigenvalue weighted by atomic mass is 19.2. The maximum atomic E-state index is 14.6. The van der Waals surface area contributed by atoms with Crippen LogP contribution in [0.3, 0.4) is 0 Å². The SMILES string of the molecule is CC1(C(=O)O)CN(Cc2ccccc2)CC1(C(=O)O)c1cc(F)c(F)cc1F. The minimum Gasteiger partial charge on any atom is -0.481 e. The maximum Gasteiger partial charge on any atom is 0.316 e. The number of halogens is 3. The van der Waals surface area contributed by atoms with E-state index in [9.17, 15) is 33.0 Å². The van der Waals surface area contributed by atoms with Crippen molar-refractivity contribution >= 4 is 11.9 Å². The average Bonchev–Trinajstić information content (AvgIpc) is 2.93. The van der Waals surface area contributed by atoms with Gasteiger partial charge in [-0.2, -0.15) is 0 Å². The molecule has 2 aromatic rings. The molecule has 3 rings (SSSR count). The van der Waals surface area contributed by atoms with E-state index >= 15 is 0 Å². The Balaban J connectivity index is 2.16. The van der Waals surface area contributed by atoms with Gasteiger partial charge in [-0.25, -0.2) is 13.2 Å². The maximum absolute atomic E-state index is 14.6. The van der Waals surface area contributed by atoms with Crippen LogP contribution in [0.4, 0.5) is 13.2 Å². The van der Waals surface area contributed by atoms with Crippen LogP contribution < -0.4 is 0 Å². The second-order valence-corrected chi connectivity index (χ2v) is 7.22. The van der Waals surface area contributed by atoms with Crippen LogP contribution in [0.5, 0.6) is 0 Å². The third kappa shape index (κ3) is 2.93. The molecule has 5 nitrogen and oxygen atoms in total. The monoisotopic (exact) mass is 393 g/mol. The van der Waals surface area contributed by atoms with E-state index in [4.69, 9.17) is 0 Å². The standard InChI is InChI=1S/C20H18F3NO4/c1-19(17(25)26)10-24(9-12-5-3-2-4-6-12)11-20(19,18(27)28)13-7-15(22)16(23)8-14(13)21/h2-8H,9-11H2,1H3,(H,25,26)(H,27,28). The lowest BCUT2D eigenvalue weighted by Crippen LogP contribution is -2.54. The number of carboxylic acids is 2. The number of nitrogens with zero attached hydrogens (tertiary/aromatic N) is 1. The summed E-state index contributed by atoms with van der Waals surface area (Å²) in [7, 11) is 0.